The molecule has 0 amide bonds. The zero-order chi connectivity index (χ0) is 21.8. The molecule has 0 aromatic carbocycles. The lowest BCUT2D eigenvalue weighted by molar-refractivity contribution is -0.272. The molecule has 6 rings (SSSR count). The first-order chi connectivity index (χ1) is 14.7. The van der Waals surface area contributed by atoms with E-state index in [2.05, 4.69) is 27.7 Å². The van der Waals surface area contributed by atoms with Crippen LogP contribution in [0, 0.1) is 52.3 Å². The van der Waals surface area contributed by atoms with Gasteiger partial charge in [0.25, 0.3) is 0 Å². The Hall–Kier alpha value is -0.450. The number of ketones is 1. The molecule has 12 atom stereocenters. The van der Waals surface area contributed by atoms with E-state index in [1.165, 1.54) is 12.8 Å². The number of aliphatic hydroxyl groups excluding tert-OH is 1. The van der Waals surface area contributed by atoms with Crippen LogP contribution in [-0.4, -0.2) is 35.5 Å². The van der Waals surface area contributed by atoms with Gasteiger partial charge >= 0.3 is 0 Å². The van der Waals surface area contributed by atoms with Gasteiger partial charge in [-0.3, -0.25) is 4.79 Å². The van der Waals surface area contributed by atoms with Gasteiger partial charge in [-0.15, -0.1) is 0 Å². The van der Waals surface area contributed by atoms with Crippen molar-refractivity contribution in [2.45, 2.75) is 103 Å². The van der Waals surface area contributed by atoms with Crippen LogP contribution in [-0.2, 0) is 14.3 Å². The quantitative estimate of drug-likeness (QED) is 0.589. The molecule has 4 aliphatic carbocycles. The molecule has 6 fully saturated rings. The van der Waals surface area contributed by atoms with Gasteiger partial charge in [-0.05, 0) is 80.0 Å². The first kappa shape index (κ1) is 21.1. The average Bonchev–Trinajstić information content (AvgIpc) is 3.18. The summed E-state index contributed by atoms with van der Waals surface area (Å²) in [5, 5.41) is 10.3. The zero-order valence-electron chi connectivity index (χ0n) is 19.9. The van der Waals surface area contributed by atoms with Gasteiger partial charge in [0.15, 0.2) is 5.79 Å². The Balaban J connectivity index is 1.30. The molecule has 31 heavy (non-hydrogen) atoms. The predicted octanol–water partition coefficient (Wildman–Crippen LogP) is 4.97. The van der Waals surface area contributed by atoms with Crippen molar-refractivity contribution in [1.82, 2.24) is 0 Å². The molecule has 0 aromatic rings. The van der Waals surface area contributed by atoms with Gasteiger partial charge in [-0.2, -0.15) is 0 Å². The zero-order valence-corrected chi connectivity index (χ0v) is 19.9. The van der Waals surface area contributed by atoms with E-state index in [9.17, 15) is 9.90 Å². The van der Waals surface area contributed by atoms with Gasteiger partial charge in [0.05, 0.1) is 18.8 Å². The number of fused-ring (bicyclic) bond motifs is 7. The summed E-state index contributed by atoms with van der Waals surface area (Å²) in [7, 11) is 0. The Morgan fingerprint density at radius 2 is 1.81 bits per heavy atom. The first-order valence-corrected chi connectivity index (χ1v) is 13.2. The highest BCUT2D eigenvalue weighted by Crippen LogP contribution is 2.70. The van der Waals surface area contributed by atoms with Crippen LogP contribution < -0.4 is 0 Å². The Labute approximate surface area is 187 Å². The molecule has 0 radical (unpaired) electrons. The topological polar surface area (TPSA) is 55.8 Å². The maximum Gasteiger partial charge on any atom is 0.171 e. The number of ether oxygens (including phenoxy) is 2. The largest absolute Gasteiger partial charge is 0.393 e. The molecule has 4 nitrogen and oxygen atoms in total. The minimum Gasteiger partial charge on any atom is -0.393 e. The van der Waals surface area contributed by atoms with E-state index < -0.39 is 5.79 Å². The summed E-state index contributed by atoms with van der Waals surface area (Å²) in [6.45, 7) is 10.1. The highest BCUT2D eigenvalue weighted by Gasteiger charge is 2.71. The Bertz CT molecular complexity index is 756. The lowest BCUT2D eigenvalue weighted by Crippen LogP contribution is -2.58. The second-order valence-corrected chi connectivity index (χ2v) is 13.0. The van der Waals surface area contributed by atoms with Crippen LogP contribution >= 0.6 is 0 Å². The first-order valence-electron chi connectivity index (χ1n) is 13.2. The Morgan fingerprint density at radius 1 is 1.00 bits per heavy atom. The molecular formula is C27H42O4. The fourth-order valence-electron chi connectivity index (χ4n) is 9.93. The summed E-state index contributed by atoms with van der Waals surface area (Å²) in [6.07, 6.45) is 9.39. The molecule has 2 heterocycles. The lowest BCUT2D eigenvalue weighted by atomic mass is 9.44. The second kappa shape index (κ2) is 6.79. The van der Waals surface area contributed by atoms with Crippen LogP contribution in [0.4, 0.5) is 0 Å². The Kier molecular flexibility index (Phi) is 4.62. The average molecular weight is 431 g/mol. The van der Waals surface area contributed by atoms with Crippen LogP contribution in [0.2, 0.25) is 0 Å². The number of carbonyl (C=O) groups excluding carboxylic acids is 1. The monoisotopic (exact) mass is 430 g/mol. The molecule has 0 aromatic heterocycles. The van der Waals surface area contributed by atoms with Crippen molar-refractivity contribution in [3.8, 4) is 0 Å². The van der Waals surface area contributed by atoms with Crippen molar-refractivity contribution >= 4 is 5.78 Å². The third-order valence-electron chi connectivity index (χ3n) is 11.8. The van der Waals surface area contributed by atoms with E-state index in [4.69, 9.17) is 9.47 Å². The van der Waals surface area contributed by atoms with Crippen LogP contribution in [0.5, 0.6) is 0 Å². The van der Waals surface area contributed by atoms with Gasteiger partial charge in [-0.25, -0.2) is 0 Å². The number of hydrogen-bond donors (Lipinski definition) is 1. The van der Waals surface area contributed by atoms with Crippen molar-refractivity contribution in [1.29, 1.82) is 0 Å². The van der Waals surface area contributed by atoms with Crippen molar-refractivity contribution in [3.63, 3.8) is 0 Å². The fourth-order valence-corrected chi connectivity index (χ4v) is 9.93. The number of carbonyl (C=O) groups is 1. The van der Waals surface area contributed by atoms with E-state index in [-0.39, 0.29) is 29.0 Å². The minimum absolute atomic E-state index is 0.131. The van der Waals surface area contributed by atoms with Crippen molar-refractivity contribution in [2.75, 3.05) is 6.61 Å². The third kappa shape index (κ3) is 2.68. The van der Waals surface area contributed by atoms with Crippen molar-refractivity contribution < 1.29 is 19.4 Å². The highest BCUT2D eigenvalue weighted by atomic mass is 16.7. The molecule has 4 saturated carbocycles. The molecule has 2 saturated heterocycles. The van der Waals surface area contributed by atoms with E-state index >= 15 is 0 Å². The molecule has 4 heteroatoms. The van der Waals surface area contributed by atoms with Crippen LogP contribution in [0.25, 0.3) is 0 Å². The molecule has 6 aliphatic rings. The van der Waals surface area contributed by atoms with Gasteiger partial charge in [0.1, 0.15) is 5.78 Å². The van der Waals surface area contributed by atoms with Gasteiger partial charge in [0.2, 0.25) is 0 Å². The van der Waals surface area contributed by atoms with Crippen LogP contribution in [0.1, 0.15) is 85.5 Å². The molecule has 3 unspecified atom stereocenters. The smallest absolute Gasteiger partial charge is 0.171 e. The SMILES string of the molecule is CC1CC[C@@]2(OC1)O[C@H]1C[C@H]3[C@@H]4CCC5CC(O)CC[C@]5(C)[C@H]4CC(=O)[C@]3(C)[C@H]1[C@@H]2C. The summed E-state index contributed by atoms with van der Waals surface area (Å²) in [5.41, 5.74) is -0.0221. The predicted molar refractivity (Wildman–Crippen MR) is 118 cm³/mol. The molecule has 1 spiro atoms. The maximum absolute atomic E-state index is 14.0. The van der Waals surface area contributed by atoms with E-state index in [0.29, 0.717) is 41.3 Å². The third-order valence-corrected chi connectivity index (χ3v) is 11.8. The number of Topliss-reactive ketones (excluding diaryl/α,β-unsaturated/α-hetero) is 1. The van der Waals surface area contributed by atoms with Crippen LogP contribution in [0.3, 0.4) is 0 Å². The summed E-state index contributed by atoms with van der Waals surface area (Å²) in [5.74, 6) is 3.45. The highest BCUT2D eigenvalue weighted by molar-refractivity contribution is 5.87. The summed E-state index contributed by atoms with van der Waals surface area (Å²) in [4.78, 5) is 14.0. The van der Waals surface area contributed by atoms with E-state index in [0.717, 1.165) is 51.6 Å². The van der Waals surface area contributed by atoms with Gasteiger partial charge in [0, 0.05) is 30.1 Å². The second-order valence-electron chi connectivity index (χ2n) is 13.0. The molecule has 0 bridgehead atoms. The number of aliphatic hydroxyl groups is 1. The summed E-state index contributed by atoms with van der Waals surface area (Å²) in [6, 6.07) is 0. The summed E-state index contributed by atoms with van der Waals surface area (Å²) >= 11 is 0. The molecule has 174 valence electrons. The van der Waals surface area contributed by atoms with E-state index in [1.807, 2.05) is 0 Å². The molecule has 2 aliphatic heterocycles. The van der Waals surface area contributed by atoms with Crippen LogP contribution in [0.15, 0.2) is 0 Å². The molecular weight excluding hydrogens is 388 g/mol. The van der Waals surface area contributed by atoms with E-state index in [1.54, 1.807) is 0 Å². The lowest BCUT2D eigenvalue weighted by Gasteiger charge is -2.60. The normalized spacial score (nSPS) is 60.9. The van der Waals surface area contributed by atoms with Crippen molar-refractivity contribution in [3.05, 3.63) is 0 Å². The number of hydrogen-bond acceptors (Lipinski definition) is 4. The standard InChI is InChI=1S/C27H42O4/c1-15-7-10-27(30-14-15)16(2)24-22(31-27)12-21-19-6-5-17-11-18(28)8-9-25(17,3)20(19)13-23(29)26(21,24)4/h15-22,24,28H,5-14H2,1-4H3/t15?,16-,17?,18?,19+,20-,21-,22-,24-,25-,26+,27+/m0/s1. The molecule has 1 N–H and O–H groups in total. The summed E-state index contributed by atoms with van der Waals surface area (Å²) < 4.78 is 13.2. The number of rotatable bonds is 0. The Morgan fingerprint density at radius 3 is 2.55 bits per heavy atom. The maximum atomic E-state index is 14.0. The minimum atomic E-state index is -0.448. The fraction of sp³-hybridized carbons (Fsp3) is 0.963. The van der Waals surface area contributed by atoms with Gasteiger partial charge in [-0.1, -0.05) is 27.7 Å². The van der Waals surface area contributed by atoms with Crippen molar-refractivity contribution in [2.24, 2.45) is 52.3 Å². The van der Waals surface area contributed by atoms with Gasteiger partial charge < -0.3 is 14.6 Å².